The van der Waals surface area contributed by atoms with E-state index in [2.05, 4.69) is 22.6 Å². The summed E-state index contributed by atoms with van der Waals surface area (Å²) in [6.07, 6.45) is 0.651. The van der Waals surface area contributed by atoms with Crippen LogP contribution in [-0.4, -0.2) is 148 Å². The fourth-order valence-corrected chi connectivity index (χ4v) is 9.30. The summed E-state index contributed by atoms with van der Waals surface area (Å²) in [7, 11) is 5.38. The Morgan fingerprint density at radius 2 is 1.82 bits per heavy atom. The molecule has 0 radical (unpaired) electrons. The molecule has 0 aliphatic carbocycles. The molecular weight excluding hydrogens is 810 g/mol. The molecule has 2 aromatic rings. The molecule has 1 aromatic heterocycles. The standard InChI is InChI=1S/C42H67N7O9.CH3FS/c1-12-33-42(8)36(49(40(53)58-42)18-14-17-48-23-31(45-46-48)29-15-13-16-30(43)20-29)28(6)44-22-24(2)21-41(7,54-11)37(26(4)34(50)27(5)38(52)56-33)57-39-35(51)32(47(9)10)19-25(3)55-39;1-3-2/h13,15-16,20,23-28,32-33,35-37,39,44,51H,12,14,17-19,21-22,43H2,1-11H3;1H3/t24-,25?,26+,27-,28-,32?,33-,35?,36-,37-,39+,41-,42-;/m1./s1. The van der Waals surface area contributed by atoms with Crippen molar-refractivity contribution in [1.82, 2.24) is 30.1 Å². The number of aryl methyl sites for hydroxylation is 1. The number of halogens is 1. The minimum absolute atomic E-state index is 0.0203. The molecule has 0 bridgehead atoms. The first-order valence-corrected chi connectivity index (χ1v) is 22.5. The van der Waals surface area contributed by atoms with E-state index in [1.807, 2.05) is 84.1 Å². The first-order valence-electron chi connectivity index (χ1n) is 21.3. The van der Waals surface area contributed by atoms with E-state index in [4.69, 9.17) is 29.4 Å². The molecule has 13 atom stereocenters. The van der Waals surface area contributed by atoms with Crippen molar-refractivity contribution in [2.75, 3.05) is 46.3 Å². The maximum atomic E-state index is 14.4. The average Bonchev–Trinajstić information content (AvgIpc) is 3.79. The molecule has 5 rings (SSSR count). The number of anilines is 1. The van der Waals surface area contributed by atoms with Crippen LogP contribution in [0.2, 0.25) is 0 Å². The van der Waals surface area contributed by atoms with Gasteiger partial charge in [0.2, 0.25) is 0 Å². The van der Waals surface area contributed by atoms with E-state index in [-0.39, 0.29) is 36.3 Å². The molecule has 0 saturated carbocycles. The molecule has 3 saturated heterocycles. The number of benzene rings is 1. The topological polar surface area (TPSA) is 193 Å². The summed E-state index contributed by atoms with van der Waals surface area (Å²) < 4.78 is 43.4. The van der Waals surface area contributed by atoms with Crippen molar-refractivity contribution in [3.05, 3.63) is 30.5 Å². The molecular formula is C43H70FN7O9S. The van der Waals surface area contributed by atoms with Gasteiger partial charge >= 0.3 is 12.1 Å². The van der Waals surface area contributed by atoms with Crippen LogP contribution in [0, 0.1) is 17.8 Å². The minimum atomic E-state index is -1.25. The number of Topliss-reactive ketones (excluding diaryl/α,β-unsaturated/α-hetero) is 1. The van der Waals surface area contributed by atoms with Crippen LogP contribution in [-0.2, 0) is 39.8 Å². The first-order chi connectivity index (χ1) is 28.7. The Morgan fingerprint density at radius 3 is 2.44 bits per heavy atom. The molecule has 3 aliphatic heterocycles. The number of amides is 1. The molecule has 4 heterocycles. The van der Waals surface area contributed by atoms with Crippen LogP contribution in [0.5, 0.6) is 0 Å². The fraction of sp³-hybridized carbons (Fsp3) is 0.744. The number of ketones is 1. The summed E-state index contributed by atoms with van der Waals surface area (Å²) in [5.41, 5.74) is 5.86. The third-order valence-electron chi connectivity index (χ3n) is 12.6. The van der Waals surface area contributed by atoms with Gasteiger partial charge in [-0.25, -0.2) is 4.79 Å². The zero-order chi connectivity index (χ0) is 45.4. The van der Waals surface area contributed by atoms with E-state index >= 15 is 0 Å². The number of ether oxygens (including phenoxy) is 5. The number of methoxy groups -OCH3 is 1. The number of nitrogens with two attached hydrogens (primary N) is 1. The quantitative estimate of drug-likeness (QED) is 0.162. The average molecular weight is 880 g/mol. The highest BCUT2D eigenvalue weighted by Gasteiger charge is 2.58. The van der Waals surface area contributed by atoms with E-state index < -0.39 is 71.5 Å². The normalized spacial score (nSPS) is 35.4. The number of carbonyl (C=O) groups excluding carboxylic acids is 3. The van der Waals surface area contributed by atoms with Gasteiger partial charge in [0.1, 0.15) is 23.8 Å². The molecule has 3 fully saturated rings. The largest absolute Gasteiger partial charge is 0.458 e. The summed E-state index contributed by atoms with van der Waals surface area (Å²) >= 11 is 0.250. The third kappa shape index (κ3) is 11.8. The summed E-state index contributed by atoms with van der Waals surface area (Å²) in [5, 5.41) is 23.7. The van der Waals surface area contributed by atoms with Crippen LogP contribution in [0.25, 0.3) is 11.3 Å². The lowest BCUT2D eigenvalue weighted by molar-refractivity contribution is -0.295. The number of esters is 1. The second kappa shape index (κ2) is 21.8. The number of carbonyl (C=O) groups is 3. The van der Waals surface area contributed by atoms with Crippen molar-refractivity contribution in [2.24, 2.45) is 17.8 Å². The predicted octanol–water partition coefficient (Wildman–Crippen LogP) is 5.13. The molecule has 18 heteroatoms. The summed E-state index contributed by atoms with van der Waals surface area (Å²) in [6, 6.07) is 6.36. The number of rotatable bonds is 10. The Labute approximate surface area is 365 Å². The molecule has 3 unspecified atom stereocenters. The zero-order valence-electron chi connectivity index (χ0n) is 38.0. The van der Waals surface area contributed by atoms with Gasteiger partial charge in [0.15, 0.2) is 17.7 Å². The van der Waals surface area contributed by atoms with Crippen LogP contribution in [0.4, 0.5) is 14.4 Å². The van der Waals surface area contributed by atoms with Gasteiger partial charge in [-0.15, -0.1) is 5.10 Å². The Balaban J connectivity index is 0.00000265. The van der Waals surface area contributed by atoms with Crippen molar-refractivity contribution >= 4 is 35.7 Å². The van der Waals surface area contributed by atoms with E-state index in [0.29, 0.717) is 56.7 Å². The lowest BCUT2D eigenvalue weighted by atomic mass is 9.78. The summed E-state index contributed by atoms with van der Waals surface area (Å²) in [5.74, 6) is -3.19. The Bertz CT molecular complexity index is 1760. The molecule has 61 heavy (non-hydrogen) atoms. The fourth-order valence-electron chi connectivity index (χ4n) is 9.30. The maximum Gasteiger partial charge on any atom is 0.410 e. The molecule has 16 nitrogen and oxygen atoms in total. The second-order valence-corrected chi connectivity index (χ2v) is 17.9. The van der Waals surface area contributed by atoms with Gasteiger partial charge in [0, 0.05) is 67.9 Å². The van der Waals surface area contributed by atoms with Crippen molar-refractivity contribution in [3.8, 4) is 11.3 Å². The van der Waals surface area contributed by atoms with Crippen LogP contribution >= 0.6 is 12.1 Å². The van der Waals surface area contributed by atoms with Crippen LogP contribution in [0.1, 0.15) is 81.1 Å². The number of hydrogen-bond donors (Lipinski definition) is 3. The monoisotopic (exact) mass is 879 g/mol. The third-order valence-corrected chi connectivity index (χ3v) is 12.6. The predicted molar refractivity (Wildman–Crippen MR) is 232 cm³/mol. The molecule has 1 aromatic carbocycles. The number of nitrogens with zero attached hydrogens (tertiary/aromatic N) is 5. The molecule has 344 valence electrons. The number of aromatic nitrogens is 3. The van der Waals surface area contributed by atoms with E-state index in [0.717, 1.165) is 5.56 Å². The second-order valence-electron chi connectivity index (χ2n) is 17.6. The smallest absolute Gasteiger partial charge is 0.410 e. The lowest BCUT2D eigenvalue weighted by Gasteiger charge is -2.46. The van der Waals surface area contributed by atoms with Gasteiger partial charge in [-0.3, -0.25) is 19.2 Å². The number of aliphatic hydroxyl groups is 1. The van der Waals surface area contributed by atoms with Crippen molar-refractivity contribution < 1.29 is 47.1 Å². The van der Waals surface area contributed by atoms with Gasteiger partial charge in [0.05, 0.1) is 30.0 Å². The number of nitrogens with one attached hydrogen (secondary N) is 1. The Kier molecular flexibility index (Phi) is 18.0. The highest BCUT2D eigenvalue weighted by Crippen LogP contribution is 2.40. The maximum absolute atomic E-state index is 14.4. The minimum Gasteiger partial charge on any atom is -0.458 e. The number of aliphatic hydroxyl groups excluding tert-OH is 1. The molecule has 4 N–H and O–H groups in total. The van der Waals surface area contributed by atoms with Gasteiger partial charge in [-0.05, 0) is 99.0 Å². The van der Waals surface area contributed by atoms with E-state index in [9.17, 15) is 23.4 Å². The van der Waals surface area contributed by atoms with Crippen LogP contribution in [0.3, 0.4) is 0 Å². The molecule has 1 amide bonds. The number of hydrogen-bond acceptors (Lipinski definition) is 15. The Hall–Kier alpha value is -3.39. The van der Waals surface area contributed by atoms with Crippen LogP contribution < -0.4 is 11.1 Å². The number of cyclic esters (lactones) is 1. The van der Waals surface area contributed by atoms with Crippen LogP contribution in [0.15, 0.2) is 30.5 Å². The SMILES string of the molecule is CC[C@H]1OC(=O)[C@H](C)C(=O)[C@H](C)[C@@H](O[C@@H]2OC(C)CC(N(C)C)C2O)[C@](C)(OC)C[C@@H](C)CN[C@H](C)[C@H]2N(CCCn3cc(-c4cccc(N)c4)nn3)C(=O)O[C@]12C.CSF. The zero-order valence-corrected chi connectivity index (χ0v) is 38.8. The number of nitrogen functional groups attached to an aromatic ring is 1. The van der Waals surface area contributed by atoms with E-state index in [1.54, 1.807) is 23.6 Å². The lowest BCUT2D eigenvalue weighted by Crippen LogP contribution is -2.61. The van der Waals surface area contributed by atoms with Gasteiger partial charge in [-0.1, -0.05) is 38.1 Å². The summed E-state index contributed by atoms with van der Waals surface area (Å²) in [6.45, 7) is 16.2. The Morgan fingerprint density at radius 1 is 1.13 bits per heavy atom. The molecule has 0 spiro atoms. The van der Waals surface area contributed by atoms with Gasteiger partial charge in [-0.2, -0.15) is 3.89 Å². The van der Waals surface area contributed by atoms with Gasteiger partial charge < -0.3 is 44.7 Å². The van der Waals surface area contributed by atoms with Crippen molar-refractivity contribution in [1.29, 1.82) is 0 Å². The highest BCUT2D eigenvalue weighted by atomic mass is 32.2. The number of likely N-dealkylation sites (N-methyl/N-ethyl adjacent to an activating group) is 1. The van der Waals surface area contributed by atoms with Gasteiger partial charge in [0.25, 0.3) is 0 Å². The van der Waals surface area contributed by atoms with E-state index in [1.165, 1.54) is 13.2 Å². The number of fused-ring (bicyclic) bond motifs is 1. The van der Waals surface area contributed by atoms with Crippen molar-refractivity contribution in [2.45, 2.75) is 148 Å². The van der Waals surface area contributed by atoms with Crippen molar-refractivity contribution in [3.63, 3.8) is 0 Å². The molecule has 3 aliphatic rings. The first kappa shape index (κ1) is 50.3. The summed E-state index contributed by atoms with van der Waals surface area (Å²) in [4.78, 5) is 45.9. The highest BCUT2D eigenvalue weighted by molar-refractivity contribution is 7.93.